The molecular formula is C20H16F2N2O6. The molecule has 0 saturated carbocycles. The second kappa shape index (κ2) is 8.60. The SMILES string of the molecule is CC(=O)N/C(=C\c1ccccc1)C(=O)OCC(=O)Nc1ccc2c(c1)OC(F)(F)O2. The Hall–Kier alpha value is -3.95. The lowest BCUT2D eigenvalue weighted by molar-refractivity contribution is -0.286. The molecule has 0 radical (unpaired) electrons. The van der Waals surface area contributed by atoms with E-state index in [1.165, 1.54) is 25.1 Å². The van der Waals surface area contributed by atoms with Crippen molar-refractivity contribution in [1.29, 1.82) is 0 Å². The van der Waals surface area contributed by atoms with E-state index in [-0.39, 0.29) is 22.9 Å². The Morgan fingerprint density at radius 3 is 2.47 bits per heavy atom. The fourth-order valence-electron chi connectivity index (χ4n) is 2.48. The number of fused-ring (bicyclic) bond motifs is 1. The van der Waals surface area contributed by atoms with Crippen LogP contribution in [0.1, 0.15) is 12.5 Å². The van der Waals surface area contributed by atoms with Crippen LogP contribution < -0.4 is 20.1 Å². The van der Waals surface area contributed by atoms with Gasteiger partial charge in [-0.2, -0.15) is 0 Å². The van der Waals surface area contributed by atoms with Gasteiger partial charge in [0.25, 0.3) is 5.91 Å². The lowest BCUT2D eigenvalue weighted by Gasteiger charge is -2.10. The number of ether oxygens (including phenoxy) is 3. The van der Waals surface area contributed by atoms with Gasteiger partial charge in [-0.05, 0) is 23.8 Å². The second-order valence-corrected chi connectivity index (χ2v) is 6.10. The van der Waals surface area contributed by atoms with E-state index in [0.29, 0.717) is 5.56 Å². The fraction of sp³-hybridized carbons (Fsp3) is 0.150. The summed E-state index contributed by atoms with van der Waals surface area (Å²) in [5.74, 6) is -2.55. The van der Waals surface area contributed by atoms with Crippen molar-refractivity contribution in [3.8, 4) is 11.5 Å². The molecule has 8 nitrogen and oxygen atoms in total. The molecule has 2 amide bonds. The molecule has 0 spiro atoms. The number of anilines is 1. The van der Waals surface area contributed by atoms with Gasteiger partial charge in [-0.25, -0.2) is 4.79 Å². The number of benzene rings is 2. The molecule has 2 N–H and O–H groups in total. The summed E-state index contributed by atoms with van der Waals surface area (Å²) in [6.07, 6.45) is -2.37. The topological polar surface area (TPSA) is 103 Å². The number of alkyl halides is 2. The number of hydrogen-bond donors (Lipinski definition) is 2. The van der Waals surface area contributed by atoms with Gasteiger partial charge in [-0.3, -0.25) is 9.59 Å². The van der Waals surface area contributed by atoms with Crippen LogP contribution in [0.4, 0.5) is 14.5 Å². The van der Waals surface area contributed by atoms with Crippen molar-refractivity contribution in [1.82, 2.24) is 5.32 Å². The first-order valence-electron chi connectivity index (χ1n) is 8.63. The predicted octanol–water partition coefficient (Wildman–Crippen LogP) is 2.67. The molecule has 2 aromatic rings. The van der Waals surface area contributed by atoms with Gasteiger partial charge in [0, 0.05) is 18.7 Å². The van der Waals surface area contributed by atoms with E-state index in [4.69, 9.17) is 4.74 Å². The smallest absolute Gasteiger partial charge is 0.451 e. The third-order valence-corrected chi connectivity index (χ3v) is 3.66. The van der Waals surface area contributed by atoms with E-state index in [2.05, 4.69) is 20.1 Å². The van der Waals surface area contributed by atoms with Gasteiger partial charge in [0.05, 0.1) is 0 Å². The minimum atomic E-state index is -3.77. The second-order valence-electron chi connectivity index (χ2n) is 6.10. The minimum Gasteiger partial charge on any atom is -0.451 e. The van der Waals surface area contributed by atoms with Crippen LogP contribution in [0.3, 0.4) is 0 Å². The Bertz CT molecular complexity index is 1010. The number of esters is 1. The zero-order chi connectivity index (χ0) is 21.7. The number of halogens is 2. The average molecular weight is 418 g/mol. The van der Waals surface area contributed by atoms with E-state index in [0.717, 1.165) is 6.07 Å². The summed E-state index contributed by atoms with van der Waals surface area (Å²) in [6, 6.07) is 12.4. The molecule has 0 saturated heterocycles. The van der Waals surface area contributed by atoms with Crippen LogP contribution in [-0.4, -0.2) is 30.7 Å². The molecule has 3 rings (SSSR count). The lowest BCUT2D eigenvalue weighted by Crippen LogP contribution is -2.28. The Morgan fingerprint density at radius 1 is 1.07 bits per heavy atom. The van der Waals surface area contributed by atoms with Crippen LogP contribution in [0.15, 0.2) is 54.2 Å². The molecule has 1 heterocycles. The van der Waals surface area contributed by atoms with Gasteiger partial charge < -0.3 is 24.8 Å². The molecule has 10 heteroatoms. The normalized spacial score (nSPS) is 14.0. The standard InChI is InChI=1S/C20H16F2N2O6/c1-12(25)23-15(9-13-5-3-2-4-6-13)19(27)28-11-18(26)24-14-7-8-16-17(10-14)30-20(21,22)29-16/h2-10H,11H2,1H3,(H,23,25)(H,24,26)/b15-9-. The highest BCUT2D eigenvalue weighted by Crippen LogP contribution is 2.42. The number of carbonyl (C=O) groups is 3. The van der Waals surface area contributed by atoms with Crippen molar-refractivity contribution in [2.75, 3.05) is 11.9 Å². The van der Waals surface area contributed by atoms with E-state index in [1.807, 2.05) is 0 Å². The van der Waals surface area contributed by atoms with Crippen molar-refractivity contribution < 1.29 is 37.4 Å². The van der Waals surface area contributed by atoms with Gasteiger partial charge >= 0.3 is 12.3 Å². The molecular weight excluding hydrogens is 402 g/mol. The van der Waals surface area contributed by atoms with E-state index < -0.39 is 30.7 Å². The van der Waals surface area contributed by atoms with Crippen LogP contribution in [0.25, 0.3) is 6.08 Å². The van der Waals surface area contributed by atoms with Crippen LogP contribution in [-0.2, 0) is 19.1 Å². The van der Waals surface area contributed by atoms with E-state index in [1.54, 1.807) is 30.3 Å². The van der Waals surface area contributed by atoms with Crippen molar-refractivity contribution in [2.45, 2.75) is 13.2 Å². The van der Waals surface area contributed by atoms with Gasteiger partial charge in [-0.15, -0.1) is 8.78 Å². The molecule has 0 bridgehead atoms. The molecule has 1 aliphatic heterocycles. The molecule has 2 aromatic carbocycles. The summed E-state index contributed by atoms with van der Waals surface area (Å²) in [5, 5.41) is 4.73. The van der Waals surface area contributed by atoms with Crippen molar-refractivity contribution >= 4 is 29.5 Å². The van der Waals surface area contributed by atoms with Crippen LogP contribution >= 0.6 is 0 Å². The van der Waals surface area contributed by atoms with Crippen molar-refractivity contribution in [3.05, 3.63) is 59.8 Å². The van der Waals surface area contributed by atoms with E-state index in [9.17, 15) is 23.2 Å². The molecule has 30 heavy (non-hydrogen) atoms. The highest BCUT2D eigenvalue weighted by molar-refractivity contribution is 5.99. The van der Waals surface area contributed by atoms with Crippen LogP contribution in [0, 0.1) is 0 Å². The summed E-state index contributed by atoms with van der Waals surface area (Å²) in [5.41, 5.74) is 0.629. The summed E-state index contributed by atoms with van der Waals surface area (Å²) < 4.78 is 39.6. The minimum absolute atomic E-state index is 0.137. The first-order chi connectivity index (χ1) is 14.2. The maximum atomic E-state index is 13.0. The predicted molar refractivity (Wildman–Crippen MR) is 100 cm³/mol. The summed E-state index contributed by atoms with van der Waals surface area (Å²) in [6.45, 7) is 0.553. The molecule has 0 fully saturated rings. The Labute approximate surface area is 169 Å². The highest BCUT2D eigenvalue weighted by atomic mass is 19.3. The zero-order valence-electron chi connectivity index (χ0n) is 15.6. The van der Waals surface area contributed by atoms with Gasteiger partial charge in [0.15, 0.2) is 18.1 Å². The van der Waals surface area contributed by atoms with Gasteiger partial charge in [0.2, 0.25) is 5.91 Å². The number of rotatable bonds is 6. The summed E-state index contributed by atoms with van der Waals surface area (Å²) >= 11 is 0. The summed E-state index contributed by atoms with van der Waals surface area (Å²) in [7, 11) is 0. The van der Waals surface area contributed by atoms with E-state index >= 15 is 0 Å². The molecule has 0 aromatic heterocycles. The third kappa shape index (κ3) is 5.53. The Kier molecular flexibility index (Phi) is 5.95. The van der Waals surface area contributed by atoms with Gasteiger partial charge in [-0.1, -0.05) is 30.3 Å². The first kappa shape index (κ1) is 20.8. The third-order valence-electron chi connectivity index (χ3n) is 3.66. The van der Waals surface area contributed by atoms with Crippen LogP contribution in [0.5, 0.6) is 11.5 Å². The average Bonchev–Trinajstić information content (AvgIpc) is 2.99. The molecule has 0 unspecified atom stereocenters. The quantitative estimate of drug-likeness (QED) is 0.552. The highest BCUT2D eigenvalue weighted by Gasteiger charge is 2.43. The maximum Gasteiger partial charge on any atom is 0.586 e. The van der Waals surface area contributed by atoms with Gasteiger partial charge in [0.1, 0.15) is 5.70 Å². The number of nitrogens with one attached hydrogen (secondary N) is 2. The Balaban J connectivity index is 1.60. The number of hydrogen-bond acceptors (Lipinski definition) is 6. The number of carbonyl (C=O) groups excluding carboxylic acids is 3. The van der Waals surface area contributed by atoms with Crippen LogP contribution in [0.2, 0.25) is 0 Å². The Morgan fingerprint density at radius 2 is 1.77 bits per heavy atom. The largest absolute Gasteiger partial charge is 0.586 e. The van der Waals surface area contributed by atoms with Crippen molar-refractivity contribution in [3.63, 3.8) is 0 Å². The molecule has 156 valence electrons. The fourth-order valence-corrected chi connectivity index (χ4v) is 2.48. The maximum absolute atomic E-state index is 13.0. The van der Waals surface area contributed by atoms with Crippen molar-refractivity contribution in [2.24, 2.45) is 0 Å². The lowest BCUT2D eigenvalue weighted by atomic mass is 10.2. The first-order valence-corrected chi connectivity index (χ1v) is 8.63. The molecule has 0 aliphatic carbocycles. The zero-order valence-corrected chi connectivity index (χ0v) is 15.6. The number of amides is 2. The molecule has 1 aliphatic rings. The monoisotopic (exact) mass is 418 g/mol. The summed E-state index contributed by atoms with van der Waals surface area (Å²) in [4.78, 5) is 35.6. The molecule has 0 atom stereocenters.